The Bertz CT molecular complexity index is 682. The first-order valence-electron chi connectivity index (χ1n) is 6.95. The Morgan fingerprint density at radius 2 is 2.25 bits per heavy atom. The van der Waals surface area contributed by atoms with Crippen molar-refractivity contribution in [3.8, 4) is 0 Å². The van der Waals surface area contributed by atoms with Crippen LogP contribution in [0.3, 0.4) is 0 Å². The van der Waals surface area contributed by atoms with Crippen LogP contribution in [0.5, 0.6) is 0 Å². The Labute approximate surface area is 121 Å². The van der Waals surface area contributed by atoms with E-state index >= 15 is 0 Å². The molecule has 2 bridgehead atoms. The van der Waals surface area contributed by atoms with E-state index in [9.17, 15) is 4.79 Å². The monoisotopic (exact) mass is 290 g/mol. The summed E-state index contributed by atoms with van der Waals surface area (Å²) in [5, 5.41) is 7.89. The average molecular weight is 291 g/mol. The number of hydrogen-bond donors (Lipinski definition) is 2. The molecule has 2 fully saturated rings. The van der Waals surface area contributed by atoms with Gasteiger partial charge in [-0.3, -0.25) is 4.79 Å². The molecule has 2 aromatic rings. The van der Waals surface area contributed by atoms with Gasteiger partial charge in [-0.1, -0.05) is 6.07 Å². The molecular weight excluding hydrogens is 276 g/mol. The SMILES string of the molecule is O=C(N[C@@H]1C[C@H]2CC[C@@H]1N2)c1ccc2cc(Cl)oc2c1. The smallest absolute Gasteiger partial charge is 0.251 e. The van der Waals surface area contributed by atoms with Gasteiger partial charge >= 0.3 is 0 Å². The van der Waals surface area contributed by atoms with Crippen molar-refractivity contribution in [1.29, 1.82) is 0 Å². The van der Waals surface area contributed by atoms with Crippen molar-refractivity contribution >= 4 is 28.5 Å². The molecule has 1 amide bonds. The number of carbonyl (C=O) groups is 1. The predicted octanol–water partition coefficient (Wildman–Crippen LogP) is 2.71. The van der Waals surface area contributed by atoms with E-state index in [1.807, 2.05) is 12.1 Å². The molecule has 2 saturated heterocycles. The molecule has 3 heterocycles. The number of fused-ring (bicyclic) bond motifs is 3. The van der Waals surface area contributed by atoms with E-state index in [2.05, 4.69) is 10.6 Å². The van der Waals surface area contributed by atoms with Gasteiger partial charge in [0, 0.05) is 35.1 Å². The maximum Gasteiger partial charge on any atom is 0.251 e. The molecule has 4 rings (SSSR count). The highest BCUT2D eigenvalue weighted by Crippen LogP contribution is 2.29. The summed E-state index contributed by atoms with van der Waals surface area (Å²) in [5.41, 5.74) is 1.26. The lowest BCUT2D eigenvalue weighted by atomic mass is 9.95. The van der Waals surface area contributed by atoms with Crippen molar-refractivity contribution in [2.45, 2.75) is 37.4 Å². The van der Waals surface area contributed by atoms with Gasteiger partial charge in [0.05, 0.1) is 0 Å². The Balaban J connectivity index is 1.54. The first-order chi connectivity index (χ1) is 9.69. The van der Waals surface area contributed by atoms with E-state index in [1.54, 1.807) is 12.1 Å². The molecule has 0 saturated carbocycles. The second-order valence-electron chi connectivity index (χ2n) is 5.67. The molecule has 3 atom stereocenters. The van der Waals surface area contributed by atoms with E-state index < -0.39 is 0 Å². The lowest BCUT2D eigenvalue weighted by Crippen LogP contribution is -2.42. The summed E-state index contributed by atoms with van der Waals surface area (Å²) in [6, 6.07) is 8.43. The molecule has 4 nitrogen and oxygen atoms in total. The van der Waals surface area contributed by atoms with Crippen LogP contribution in [0.25, 0.3) is 11.0 Å². The van der Waals surface area contributed by atoms with Crippen LogP contribution in [0.1, 0.15) is 29.6 Å². The average Bonchev–Trinajstić information content (AvgIpc) is 3.10. The summed E-state index contributed by atoms with van der Waals surface area (Å²) in [5.74, 6) is -0.0428. The minimum atomic E-state index is -0.0428. The summed E-state index contributed by atoms with van der Waals surface area (Å²) >= 11 is 5.82. The molecule has 2 N–H and O–H groups in total. The number of halogens is 1. The maximum atomic E-state index is 12.3. The number of amides is 1. The van der Waals surface area contributed by atoms with Crippen LogP contribution < -0.4 is 10.6 Å². The molecule has 2 aliphatic heterocycles. The van der Waals surface area contributed by atoms with Gasteiger partial charge in [-0.25, -0.2) is 0 Å². The number of carbonyl (C=O) groups excluding carboxylic acids is 1. The van der Waals surface area contributed by atoms with Crippen molar-refractivity contribution in [1.82, 2.24) is 10.6 Å². The molecule has 20 heavy (non-hydrogen) atoms. The number of benzene rings is 1. The molecule has 1 aromatic heterocycles. The summed E-state index contributed by atoms with van der Waals surface area (Å²) in [4.78, 5) is 12.3. The highest BCUT2D eigenvalue weighted by Gasteiger charge is 2.39. The number of furan rings is 1. The summed E-state index contributed by atoms with van der Waals surface area (Å²) < 4.78 is 5.35. The standard InChI is InChI=1S/C15H15ClN2O2/c16-14-6-8-1-2-9(5-13(8)20-14)15(19)18-12-7-10-3-4-11(12)17-10/h1-2,5-6,10-12,17H,3-4,7H2,(H,18,19)/t10-,11+,12-/m1/s1. The Morgan fingerprint density at radius 1 is 1.35 bits per heavy atom. The second-order valence-corrected chi connectivity index (χ2v) is 6.04. The molecule has 5 heteroatoms. The van der Waals surface area contributed by atoms with Gasteiger partial charge in [-0.15, -0.1) is 0 Å². The topological polar surface area (TPSA) is 54.3 Å². The third-order valence-electron chi connectivity index (χ3n) is 4.37. The summed E-state index contributed by atoms with van der Waals surface area (Å²) in [6.07, 6.45) is 3.42. The minimum Gasteiger partial charge on any atom is -0.445 e. The van der Waals surface area contributed by atoms with Crippen LogP contribution in [0.4, 0.5) is 0 Å². The van der Waals surface area contributed by atoms with Gasteiger partial charge < -0.3 is 15.1 Å². The zero-order valence-corrected chi connectivity index (χ0v) is 11.6. The third-order valence-corrected chi connectivity index (χ3v) is 4.56. The quantitative estimate of drug-likeness (QED) is 0.894. The molecule has 104 valence electrons. The molecule has 0 radical (unpaired) electrons. The predicted molar refractivity (Wildman–Crippen MR) is 77.0 cm³/mol. The van der Waals surface area contributed by atoms with Crippen LogP contribution in [0, 0.1) is 0 Å². The highest BCUT2D eigenvalue weighted by molar-refractivity contribution is 6.29. The van der Waals surface area contributed by atoms with E-state index in [1.165, 1.54) is 6.42 Å². The van der Waals surface area contributed by atoms with Crippen LogP contribution in [0.15, 0.2) is 28.7 Å². The third kappa shape index (κ3) is 2.00. The van der Waals surface area contributed by atoms with Crippen LogP contribution in [0.2, 0.25) is 5.22 Å². The van der Waals surface area contributed by atoms with Gasteiger partial charge in [0.25, 0.3) is 5.91 Å². The van der Waals surface area contributed by atoms with Crippen molar-refractivity contribution in [2.24, 2.45) is 0 Å². The Hall–Kier alpha value is -1.52. The Kier molecular flexibility index (Phi) is 2.75. The second kappa shape index (κ2) is 4.50. The van der Waals surface area contributed by atoms with Crippen molar-refractivity contribution < 1.29 is 9.21 Å². The van der Waals surface area contributed by atoms with Crippen LogP contribution in [-0.2, 0) is 0 Å². The van der Waals surface area contributed by atoms with Gasteiger partial charge in [-0.05, 0) is 43.0 Å². The summed E-state index contributed by atoms with van der Waals surface area (Å²) in [6.45, 7) is 0. The summed E-state index contributed by atoms with van der Waals surface area (Å²) in [7, 11) is 0. The van der Waals surface area contributed by atoms with Crippen LogP contribution >= 0.6 is 11.6 Å². The molecule has 0 unspecified atom stereocenters. The van der Waals surface area contributed by atoms with Gasteiger partial charge in [-0.2, -0.15) is 0 Å². The van der Waals surface area contributed by atoms with Gasteiger partial charge in [0.1, 0.15) is 5.58 Å². The fraction of sp³-hybridized carbons (Fsp3) is 0.400. The number of rotatable bonds is 2. The fourth-order valence-electron chi connectivity index (χ4n) is 3.38. The van der Waals surface area contributed by atoms with E-state index in [0.717, 1.165) is 18.2 Å². The zero-order valence-electron chi connectivity index (χ0n) is 10.9. The van der Waals surface area contributed by atoms with Crippen molar-refractivity contribution in [2.75, 3.05) is 0 Å². The first kappa shape index (κ1) is 12.2. The molecule has 1 aromatic carbocycles. The maximum absolute atomic E-state index is 12.3. The van der Waals surface area contributed by atoms with Crippen LogP contribution in [-0.4, -0.2) is 24.0 Å². The molecular formula is C15H15ClN2O2. The first-order valence-corrected chi connectivity index (χ1v) is 7.33. The minimum absolute atomic E-state index is 0.0428. The molecule has 0 spiro atoms. The van der Waals surface area contributed by atoms with Crippen molar-refractivity contribution in [3.05, 3.63) is 35.0 Å². The van der Waals surface area contributed by atoms with E-state index in [4.69, 9.17) is 16.0 Å². The van der Waals surface area contributed by atoms with E-state index in [-0.39, 0.29) is 11.9 Å². The Morgan fingerprint density at radius 3 is 3.00 bits per heavy atom. The lowest BCUT2D eigenvalue weighted by molar-refractivity contribution is 0.0931. The van der Waals surface area contributed by atoms with E-state index in [0.29, 0.717) is 28.4 Å². The van der Waals surface area contributed by atoms with Crippen molar-refractivity contribution in [3.63, 3.8) is 0 Å². The normalized spacial score (nSPS) is 28.1. The number of hydrogen-bond acceptors (Lipinski definition) is 3. The largest absolute Gasteiger partial charge is 0.445 e. The zero-order chi connectivity index (χ0) is 13.7. The number of nitrogens with one attached hydrogen (secondary N) is 2. The highest BCUT2D eigenvalue weighted by atomic mass is 35.5. The van der Waals surface area contributed by atoms with Gasteiger partial charge in [0.15, 0.2) is 5.22 Å². The van der Waals surface area contributed by atoms with Gasteiger partial charge in [0.2, 0.25) is 0 Å². The molecule has 0 aliphatic carbocycles. The fourth-order valence-corrected chi connectivity index (χ4v) is 3.58. The molecule has 2 aliphatic rings. The lowest BCUT2D eigenvalue weighted by Gasteiger charge is -2.21.